The fraction of sp³-hybridized carbons (Fsp3) is 0.304. The van der Waals surface area contributed by atoms with Crippen molar-refractivity contribution in [1.82, 2.24) is 15.0 Å². The average molecular weight is 403 g/mol. The number of anilines is 3. The van der Waals surface area contributed by atoms with E-state index < -0.39 is 0 Å². The van der Waals surface area contributed by atoms with E-state index in [0.29, 0.717) is 30.4 Å². The van der Waals surface area contributed by atoms with Gasteiger partial charge < -0.3 is 15.0 Å². The van der Waals surface area contributed by atoms with E-state index in [2.05, 4.69) is 27.2 Å². The molecule has 7 heteroatoms. The summed E-state index contributed by atoms with van der Waals surface area (Å²) >= 11 is 0. The van der Waals surface area contributed by atoms with E-state index in [9.17, 15) is 4.79 Å². The second-order valence-electron chi connectivity index (χ2n) is 7.17. The predicted molar refractivity (Wildman–Crippen MR) is 117 cm³/mol. The van der Waals surface area contributed by atoms with Crippen LogP contribution in [0.25, 0.3) is 11.4 Å². The molecule has 0 bridgehead atoms. The number of piperidine rings is 1. The summed E-state index contributed by atoms with van der Waals surface area (Å²) < 4.78 is 5.51. The molecule has 3 aromatic rings. The van der Waals surface area contributed by atoms with Gasteiger partial charge in [0.2, 0.25) is 5.91 Å². The van der Waals surface area contributed by atoms with E-state index in [1.165, 1.54) is 0 Å². The topological polar surface area (TPSA) is 80.2 Å². The first-order valence-electron chi connectivity index (χ1n) is 10.2. The molecule has 30 heavy (non-hydrogen) atoms. The SMILES string of the molecule is CCc1cc(Nc2ccc(OC)c(N3CCCCC3=O)c2)nc(-c2ccncc2)n1. The first-order chi connectivity index (χ1) is 14.7. The van der Waals surface area contributed by atoms with Crippen LogP contribution in [-0.4, -0.2) is 34.5 Å². The van der Waals surface area contributed by atoms with Crippen LogP contribution in [0.4, 0.5) is 17.2 Å². The van der Waals surface area contributed by atoms with Crippen LogP contribution < -0.4 is 15.0 Å². The lowest BCUT2D eigenvalue weighted by molar-refractivity contribution is -0.119. The Balaban J connectivity index is 1.67. The molecule has 0 spiro atoms. The number of aromatic nitrogens is 3. The molecule has 0 unspecified atom stereocenters. The summed E-state index contributed by atoms with van der Waals surface area (Å²) in [7, 11) is 1.62. The highest BCUT2D eigenvalue weighted by Gasteiger charge is 2.23. The Hall–Kier alpha value is -3.48. The van der Waals surface area contributed by atoms with Crippen molar-refractivity contribution in [3.8, 4) is 17.1 Å². The van der Waals surface area contributed by atoms with Crippen molar-refractivity contribution in [2.24, 2.45) is 0 Å². The molecule has 1 N–H and O–H groups in total. The van der Waals surface area contributed by atoms with Crippen molar-refractivity contribution in [2.45, 2.75) is 32.6 Å². The van der Waals surface area contributed by atoms with Gasteiger partial charge in [0.25, 0.3) is 0 Å². The van der Waals surface area contributed by atoms with Gasteiger partial charge in [-0.15, -0.1) is 0 Å². The van der Waals surface area contributed by atoms with Crippen molar-refractivity contribution >= 4 is 23.1 Å². The third kappa shape index (κ3) is 4.25. The Morgan fingerprint density at radius 2 is 1.93 bits per heavy atom. The highest BCUT2D eigenvalue weighted by atomic mass is 16.5. The molecule has 1 saturated heterocycles. The fourth-order valence-electron chi connectivity index (χ4n) is 3.56. The largest absolute Gasteiger partial charge is 0.495 e. The number of hydrogen-bond acceptors (Lipinski definition) is 6. The first-order valence-corrected chi connectivity index (χ1v) is 10.2. The van der Waals surface area contributed by atoms with E-state index in [1.807, 2.05) is 41.3 Å². The Bertz CT molecular complexity index is 1040. The average Bonchev–Trinajstić information content (AvgIpc) is 2.79. The van der Waals surface area contributed by atoms with E-state index in [-0.39, 0.29) is 5.91 Å². The van der Waals surface area contributed by atoms with Crippen LogP contribution in [0, 0.1) is 0 Å². The molecule has 1 aromatic carbocycles. The standard InChI is InChI=1S/C23H25N5O2/c1-3-17-15-21(27-23(26-17)16-9-11-24-12-10-16)25-18-7-8-20(30-2)19(14-18)28-13-5-4-6-22(28)29/h7-12,14-15H,3-6,13H2,1-2H3,(H,25,26,27). The molecule has 1 aliphatic heterocycles. The van der Waals surface area contributed by atoms with Gasteiger partial charge in [-0.3, -0.25) is 9.78 Å². The predicted octanol–water partition coefficient (Wildman–Crippen LogP) is 4.37. The molecule has 154 valence electrons. The molecular formula is C23H25N5O2. The van der Waals surface area contributed by atoms with Gasteiger partial charge in [-0.05, 0) is 49.6 Å². The number of carbonyl (C=O) groups excluding carboxylic acids is 1. The zero-order valence-electron chi connectivity index (χ0n) is 17.3. The van der Waals surface area contributed by atoms with Gasteiger partial charge in [-0.1, -0.05) is 6.92 Å². The number of rotatable bonds is 6. The molecule has 3 heterocycles. The van der Waals surface area contributed by atoms with Crippen LogP contribution in [-0.2, 0) is 11.2 Å². The number of aryl methyl sites for hydroxylation is 1. The summed E-state index contributed by atoms with van der Waals surface area (Å²) in [6.07, 6.45) is 6.76. The maximum atomic E-state index is 12.4. The van der Waals surface area contributed by atoms with Crippen molar-refractivity contribution in [3.63, 3.8) is 0 Å². The first kappa shape index (κ1) is 19.8. The summed E-state index contributed by atoms with van der Waals surface area (Å²) in [6, 6.07) is 11.5. The Morgan fingerprint density at radius 1 is 1.10 bits per heavy atom. The Kier molecular flexibility index (Phi) is 5.88. The van der Waals surface area contributed by atoms with E-state index >= 15 is 0 Å². The molecule has 0 aliphatic carbocycles. The molecule has 0 atom stereocenters. The monoisotopic (exact) mass is 403 g/mol. The van der Waals surface area contributed by atoms with E-state index in [0.717, 1.165) is 41.9 Å². The number of pyridine rings is 1. The number of benzene rings is 1. The van der Waals surface area contributed by atoms with Crippen molar-refractivity contribution in [2.75, 3.05) is 23.9 Å². The van der Waals surface area contributed by atoms with Crippen LogP contribution in [0.3, 0.4) is 0 Å². The van der Waals surface area contributed by atoms with E-state index in [1.54, 1.807) is 19.5 Å². The third-order valence-corrected chi connectivity index (χ3v) is 5.15. The molecule has 0 saturated carbocycles. The Morgan fingerprint density at radius 3 is 2.67 bits per heavy atom. The highest BCUT2D eigenvalue weighted by Crippen LogP contribution is 2.34. The zero-order valence-corrected chi connectivity index (χ0v) is 17.3. The number of nitrogens with zero attached hydrogens (tertiary/aromatic N) is 4. The van der Waals surface area contributed by atoms with Crippen LogP contribution in [0.2, 0.25) is 0 Å². The maximum absolute atomic E-state index is 12.4. The summed E-state index contributed by atoms with van der Waals surface area (Å²) in [4.78, 5) is 27.6. The number of nitrogens with one attached hydrogen (secondary N) is 1. The number of hydrogen-bond donors (Lipinski definition) is 1. The molecule has 0 radical (unpaired) electrons. The molecule has 2 aromatic heterocycles. The molecule has 1 amide bonds. The maximum Gasteiger partial charge on any atom is 0.227 e. The van der Waals surface area contributed by atoms with Gasteiger partial charge in [-0.2, -0.15) is 0 Å². The van der Waals surface area contributed by atoms with Crippen LogP contribution in [0.5, 0.6) is 5.75 Å². The molecule has 1 aliphatic rings. The lowest BCUT2D eigenvalue weighted by Crippen LogP contribution is -2.35. The molecule has 1 fully saturated rings. The molecule has 7 nitrogen and oxygen atoms in total. The summed E-state index contributed by atoms with van der Waals surface area (Å²) in [5, 5.41) is 3.37. The van der Waals surface area contributed by atoms with Crippen molar-refractivity contribution < 1.29 is 9.53 Å². The molecular weight excluding hydrogens is 378 g/mol. The zero-order chi connectivity index (χ0) is 20.9. The minimum Gasteiger partial charge on any atom is -0.495 e. The number of carbonyl (C=O) groups is 1. The molecule has 4 rings (SSSR count). The van der Waals surface area contributed by atoms with Gasteiger partial charge >= 0.3 is 0 Å². The summed E-state index contributed by atoms with van der Waals surface area (Å²) in [6.45, 7) is 2.77. The summed E-state index contributed by atoms with van der Waals surface area (Å²) in [5.74, 6) is 2.17. The lowest BCUT2D eigenvalue weighted by atomic mass is 10.1. The van der Waals surface area contributed by atoms with Gasteiger partial charge in [0, 0.05) is 48.4 Å². The van der Waals surface area contributed by atoms with Crippen LogP contribution in [0.1, 0.15) is 31.9 Å². The van der Waals surface area contributed by atoms with Crippen LogP contribution >= 0.6 is 0 Å². The van der Waals surface area contributed by atoms with Gasteiger partial charge in [0.05, 0.1) is 12.8 Å². The smallest absolute Gasteiger partial charge is 0.227 e. The summed E-state index contributed by atoms with van der Waals surface area (Å²) in [5.41, 5.74) is 3.48. The van der Waals surface area contributed by atoms with Gasteiger partial charge in [-0.25, -0.2) is 9.97 Å². The van der Waals surface area contributed by atoms with Crippen molar-refractivity contribution in [1.29, 1.82) is 0 Å². The second kappa shape index (κ2) is 8.90. The lowest BCUT2D eigenvalue weighted by Gasteiger charge is -2.28. The minimum absolute atomic E-state index is 0.131. The third-order valence-electron chi connectivity index (χ3n) is 5.15. The van der Waals surface area contributed by atoms with Crippen LogP contribution in [0.15, 0.2) is 48.8 Å². The van der Waals surface area contributed by atoms with Crippen molar-refractivity contribution in [3.05, 3.63) is 54.5 Å². The number of ether oxygens (including phenoxy) is 1. The second-order valence-corrected chi connectivity index (χ2v) is 7.17. The Labute approximate surface area is 176 Å². The normalized spacial score (nSPS) is 13.9. The fourth-order valence-corrected chi connectivity index (χ4v) is 3.56. The number of amides is 1. The highest BCUT2D eigenvalue weighted by molar-refractivity contribution is 5.96. The van der Waals surface area contributed by atoms with E-state index in [4.69, 9.17) is 4.74 Å². The quantitative estimate of drug-likeness (QED) is 0.658. The van der Waals surface area contributed by atoms with Gasteiger partial charge in [0.15, 0.2) is 5.82 Å². The minimum atomic E-state index is 0.131. The number of methoxy groups -OCH3 is 1. The van der Waals surface area contributed by atoms with Gasteiger partial charge in [0.1, 0.15) is 11.6 Å².